The highest BCUT2D eigenvalue weighted by atomic mass is 127. The molecule has 6 nitrogen and oxygen atoms in total. The average Bonchev–Trinajstić information content (AvgIpc) is 2.84. The highest BCUT2D eigenvalue weighted by Gasteiger charge is 2.23. The lowest BCUT2D eigenvalue weighted by atomic mass is 10.1. The van der Waals surface area contributed by atoms with Crippen molar-refractivity contribution in [2.75, 3.05) is 17.6 Å². The Labute approximate surface area is 142 Å². The Hall–Kier alpha value is -1.68. The van der Waals surface area contributed by atoms with Crippen LogP contribution in [0.25, 0.3) is 17.0 Å². The van der Waals surface area contributed by atoms with Crippen LogP contribution >= 0.6 is 22.6 Å². The quantitative estimate of drug-likeness (QED) is 0.601. The summed E-state index contributed by atoms with van der Waals surface area (Å²) in [5.41, 5.74) is 1.58. The smallest absolute Gasteiger partial charge is 0.236 e. The van der Waals surface area contributed by atoms with E-state index < -0.39 is 10.0 Å². The first kappa shape index (κ1) is 15.2. The van der Waals surface area contributed by atoms with Gasteiger partial charge < -0.3 is 0 Å². The molecule has 3 rings (SSSR count). The van der Waals surface area contributed by atoms with Crippen LogP contribution in [0.5, 0.6) is 0 Å². The number of hydrogen-bond donors (Lipinski definition) is 0. The van der Waals surface area contributed by atoms with Crippen molar-refractivity contribution in [3.8, 4) is 11.3 Å². The maximum atomic E-state index is 11.9. The van der Waals surface area contributed by atoms with Crippen LogP contribution in [0.3, 0.4) is 0 Å². The van der Waals surface area contributed by atoms with Crippen molar-refractivity contribution in [2.24, 2.45) is 0 Å². The van der Waals surface area contributed by atoms with E-state index in [2.05, 4.69) is 32.6 Å². The normalized spacial score (nSPS) is 11.8. The van der Waals surface area contributed by atoms with Gasteiger partial charge in [-0.1, -0.05) is 30.3 Å². The molecule has 3 aromatic rings. The van der Waals surface area contributed by atoms with Crippen molar-refractivity contribution < 1.29 is 8.42 Å². The molecule has 0 saturated carbocycles. The first-order valence-corrected chi connectivity index (χ1v) is 9.33. The molecule has 0 radical (unpaired) electrons. The predicted octanol–water partition coefficient (Wildman–Crippen LogP) is 2.40. The number of rotatable bonds is 3. The van der Waals surface area contributed by atoms with E-state index in [0.717, 1.165) is 15.4 Å². The summed E-state index contributed by atoms with van der Waals surface area (Å²) in [6.45, 7) is 0. The van der Waals surface area contributed by atoms with Gasteiger partial charge in [-0.3, -0.25) is 8.71 Å². The van der Waals surface area contributed by atoms with Crippen LogP contribution in [-0.2, 0) is 10.0 Å². The molecule has 114 valence electrons. The first-order valence-electron chi connectivity index (χ1n) is 6.41. The highest BCUT2D eigenvalue weighted by Crippen LogP contribution is 2.31. The summed E-state index contributed by atoms with van der Waals surface area (Å²) < 4.78 is 27.8. The molecule has 0 N–H and O–H groups in total. The number of aromatic nitrogens is 3. The third kappa shape index (κ3) is 2.68. The molecule has 22 heavy (non-hydrogen) atoms. The molecule has 0 saturated heterocycles. The van der Waals surface area contributed by atoms with Crippen molar-refractivity contribution >= 4 is 44.2 Å². The molecule has 0 atom stereocenters. The molecule has 0 amide bonds. The Kier molecular flexibility index (Phi) is 3.81. The van der Waals surface area contributed by atoms with Gasteiger partial charge in [0.1, 0.15) is 0 Å². The summed E-state index contributed by atoms with van der Waals surface area (Å²) in [6.07, 6.45) is 4.74. The zero-order valence-corrected chi connectivity index (χ0v) is 14.9. The third-order valence-corrected chi connectivity index (χ3v) is 5.00. The van der Waals surface area contributed by atoms with Crippen molar-refractivity contribution in [2.45, 2.75) is 0 Å². The topological polar surface area (TPSA) is 67.6 Å². The number of hydrogen-bond acceptors (Lipinski definition) is 4. The van der Waals surface area contributed by atoms with E-state index in [4.69, 9.17) is 0 Å². The monoisotopic (exact) mass is 428 g/mol. The van der Waals surface area contributed by atoms with Crippen molar-refractivity contribution in [3.63, 3.8) is 0 Å². The molecule has 0 aliphatic heterocycles. The van der Waals surface area contributed by atoms with E-state index in [1.165, 1.54) is 11.4 Å². The molecular formula is C14H13IN4O2S. The van der Waals surface area contributed by atoms with Crippen LogP contribution < -0.4 is 4.31 Å². The maximum absolute atomic E-state index is 11.9. The molecule has 0 spiro atoms. The lowest BCUT2D eigenvalue weighted by Crippen LogP contribution is -2.25. The number of anilines is 1. The summed E-state index contributed by atoms with van der Waals surface area (Å²) in [4.78, 5) is 8.67. The Morgan fingerprint density at radius 3 is 2.55 bits per heavy atom. The summed E-state index contributed by atoms with van der Waals surface area (Å²) in [5.74, 6) is 0.827. The SMILES string of the molecule is CN(c1nc2ncc(I)cn2c1-c1ccccc1)S(C)(=O)=O. The maximum Gasteiger partial charge on any atom is 0.236 e. The molecule has 2 aromatic heterocycles. The predicted molar refractivity (Wildman–Crippen MR) is 94.4 cm³/mol. The molecule has 1 aromatic carbocycles. The van der Waals surface area contributed by atoms with E-state index >= 15 is 0 Å². The van der Waals surface area contributed by atoms with Crippen LogP contribution in [0, 0.1) is 3.57 Å². The molecule has 2 heterocycles. The molecule has 0 aliphatic carbocycles. The third-order valence-electron chi connectivity index (χ3n) is 3.27. The number of imidazole rings is 1. The standard InChI is InChI=1S/C14H13IN4O2S/c1-18(22(2,20)21)13-12(10-6-4-3-5-7-10)19-9-11(15)8-16-14(19)17-13/h3-9H,1-2H3. The van der Waals surface area contributed by atoms with Gasteiger partial charge in [-0.25, -0.2) is 13.4 Å². The zero-order chi connectivity index (χ0) is 15.9. The van der Waals surface area contributed by atoms with E-state index in [9.17, 15) is 8.42 Å². The number of fused-ring (bicyclic) bond motifs is 1. The van der Waals surface area contributed by atoms with Gasteiger partial charge in [-0.2, -0.15) is 4.98 Å². The minimum atomic E-state index is -3.42. The molecule has 8 heteroatoms. The Balaban J connectivity index is 2.37. The number of benzene rings is 1. The summed E-state index contributed by atoms with van der Waals surface area (Å²) in [5, 5.41) is 0. The lowest BCUT2D eigenvalue weighted by molar-refractivity contribution is 0.600. The number of nitrogens with zero attached hydrogens (tertiary/aromatic N) is 4. The lowest BCUT2D eigenvalue weighted by Gasteiger charge is -2.15. The second-order valence-corrected chi connectivity index (χ2v) is 8.08. The Bertz CT molecular complexity index is 938. The molecule has 0 fully saturated rings. The van der Waals surface area contributed by atoms with Gasteiger partial charge in [0.15, 0.2) is 5.82 Å². The second-order valence-electron chi connectivity index (χ2n) is 4.82. The fourth-order valence-electron chi connectivity index (χ4n) is 2.14. The summed E-state index contributed by atoms with van der Waals surface area (Å²) >= 11 is 2.16. The van der Waals surface area contributed by atoms with E-state index in [1.54, 1.807) is 6.20 Å². The number of halogens is 1. The van der Waals surface area contributed by atoms with Crippen LogP contribution in [0.1, 0.15) is 0 Å². The largest absolute Gasteiger partial charge is 0.280 e. The fraction of sp³-hybridized carbons (Fsp3) is 0.143. The molecule has 0 aliphatic rings. The van der Waals surface area contributed by atoms with Gasteiger partial charge in [0, 0.05) is 28.6 Å². The molecular weight excluding hydrogens is 415 g/mol. The number of sulfonamides is 1. The summed E-state index contributed by atoms with van der Waals surface area (Å²) in [7, 11) is -1.92. The van der Waals surface area contributed by atoms with Crippen molar-refractivity contribution in [1.29, 1.82) is 0 Å². The van der Waals surface area contributed by atoms with Gasteiger partial charge in [-0.15, -0.1) is 0 Å². The fourth-order valence-corrected chi connectivity index (χ4v) is 3.00. The Morgan fingerprint density at radius 2 is 1.91 bits per heavy atom. The van der Waals surface area contributed by atoms with Crippen LogP contribution in [0.2, 0.25) is 0 Å². The summed E-state index contributed by atoms with van der Waals surface area (Å²) in [6, 6.07) is 9.56. The van der Waals surface area contributed by atoms with Crippen molar-refractivity contribution in [3.05, 3.63) is 46.3 Å². The molecule has 0 bridgehead atoms. The average molecular weight is 428 g/mol. The van der Waals surface area contributed by atoms with Crippen LogP contribution in [-0.4, -0.2) is 36.1 Å². The van der Waals surface area contributed by atoms with Crippen LogP contribution in [0.15, 0.2) is 42.7 Å². The van der Waals surface area contributed by atoms with Gasteiger partial charge in [0.2, 0.25) is 15.8 Å². The zero-order valence-electron chi connectivity index (χ0n) is 11.9. The van der Waals surface area contributed by atoms with Gasteiger partial charge in [-0.05, 0) is 22.6 Å². The van der Waals surface area contributed by atoms with E-state index in [-0.39, 0.29) is 0 Å². The minimum Gasteiger partial charge on any atom is -0.280 e. The van der Waals surface area contributed by atoms with Gasteiger partial charge in [0.05, 0.1) is 11.9 Å². The van der Waals surface area contributed by atoms with Crippen molar-refractivity contribution in [1.82, 2.24) is 14.4 Å². The van der Waals surface area contributed by atoms with E-state index in [1.807, 2.05) is 40.9 Å². The molecule has 0 unspecified atom stereocenters. The van der Waals surface area contributed by atoms with E-state index in [0.29, 0.717) is 17.3 Å². The minimum absolute atomic E-state index is 0.364. The van der Waals surface area contributed by atoms with Gasteiger partial charge >= 0.3 is 0 Å². The Morgan fingerprint density at radius 1 is 1.23 bits per heavy atom. The first-order chi connectivity index (χ1) is 10.4. The second kappa shape index (κ2) is 5.51. The van der Waals surface area contributed by atoms with Crippen LogP contribution in [0.4, 0.5) is 5.82 Å². The van der Waals surface area contributed by atoms with Gasteiger partial charge in [0.25, 0.3) is 0 Å². The highest BCUT2D eigenvalue weighted by molar-refractivity contribution is 14.1.